The molecule has 0 saturated heterocycles. The van der Waals surface area contributed by atoms with Gasteiger partial charge >= 0.3 is 51.4 Å². The second-order valence-electron chi connectivity index (χ2n) is 4.54. The van der Waals surface area contributed by atoms with Crippen LogP contribution in [0.25, 0.3) is 0 Å². The van der Waals surface area contributed by atoms with E-state index in [1.54, 1.807) is 0 Å². The molecular weight excluding hydrogens is 279 g/mol. The van der Waals surface area contributed by atoms with E-state index in [-0.39, 0.29) is 58.0 Å². The SMILES string of the molecule is CCCCC(CCCCCCCO)S(=O)(=O)[O-].[K+]. The molecule has 0 rings (SSSR count). The van der Waals surface area contributed by atoms with Gasteiger partial charge in [0.25, 0.3) is 0 Å². The van der Waals surface area contributed by atoms with Crippen LogP contribution in [-0.2, 0) is 10.1 Å². The van der Waals surface area contributed by atoms with Crippen LogP contribution in [0, 0.1) is 0 Å². The molecule has 0 aromatic heterocycles. The number of aliphatic hydroxyl groups excluding tert-OH is 1. The Balaban J connectivity index is 0. The molecule has 0 aromatic rings. The summed E-state index contributed by atoms with van der Waals surface area (Å²) < 4.78 is 33.0. The summed E-state index contributed by atoms with van der Waals surface area (Å²) in [6, 6.07) is 0. The molecule has 0 spiro atoms. The zero-order valence-electron chi connectivity index (χ0n) is 11.7. The van der Waals surface area contributed by atoms with Gasteiger partial charge in [-0.3, -0.25) is 0 Å². The van der Waals surface area contributed by atoms with E-state index >= 15 is 0 Å². The molecule has 6 heteroatoms. The molecule has 0 heterocycles. The van der Waals surface area contributed by atoms with Gasteiger partial charge in [0.15, 0.2) is 0 Å². The van der Waals surface area contributed by atoms with Gasteiger partial charge in [-0.25, -0.2) is 8.42 Å². The largest absolute Gasteiger partial charge is 1.00 e. The van der Waals surface area contributed by atoms with E-state index in [1.165, 1.54) is 0 Å². The molecule has 0 aliphatic rings. The Bertz CT molecular complexity index is 267. The van der Waals surface area contributed by atoms with E-state index in [0.29, 0.717) is 12.8 Å². The van der Waals surface area contributed by atoms with Crippen molar-refractivity contribution in [3.63, 3.8) is 0 Å². The molecule has 0 bridgehead atoms. The average molecular weight is 304 g/mol. The molecule has 1 N–H and O–H groups in total. The van der Waals surface area contributed by atoms with Crippen molar-refractivity contribution in [2.45, 2.75) is 70.0 Å². The first-order chi connectivity index (χ1) is 8.02. The third-order valence-electron chi connectivity index (χ3n) is 2.97. The first kappa shape index (κ1) is 21.8. The predicted octanol–water partition coefficient (Wildman–Crippen LogP) is -0.573. The van der Waals surface area contributed by atoms with Crippen molar-refractivity contribution in [3.8, 4) is 0 Å². The van der Waals surface area contributed by atoms with Crippen LogP contribution in [0.4, 0.5) is 0 Å². The number of hydrogen-bond donors (Lipinski definition) is 1. The molecule has 0 aliphatic heterocycles. The van der Waals surface area contributed by atoms with E-state index in [9.17, 15) is 13.0 Å². The fourth-order valence-corrected chi connectivity index (χ4v) is 2.79. The first-order valence-electron chi connectivity index (χ1n) is 6.58. The summed E-state index contributed by atoms with van der Waals surface area (Å²) in [6.07, 6.45) is 7.22. The Hall–Kier alpha value is 1.51. The van der Waals surface area contributed by atoms with Gasteiger partial charge in [-0.2, -0.15) is 0 Å². The standard InChI is InChI=1S/C12H26O4S.K/c1-2-3-9-12(17(14,15)16)10-7-5-4-6-8-11-13;/h12-13H,2-11H2,1H3,(H,14,15,16);/q;+1/p-1. The zero-order valence-corrected chi connectivity index (χ0v) is 15.7. The fourth-order valence-electron chi connectivity index (χ4n) is 1.88. The summed E-state index contributed by atoms with van der Waals surface area (Å²) in [6.45, 7) is 2.21. The quantitative estimate of drug-likeness (QED) is 0.315. The number of rotatable bonds is 11. The zero-order chi connectivity index (χ0) is 13.1. The van der Waals surface area contributed by atoms with Gasteiger partial charge in [0, 0.05) is 11.9 Å². The molecule has 0 saturated carbocycles. The van der Waals surface area contributed by atoms with E-state index in [2.05, 4.69) is 0 Å². The van der Waals surface area contributed by atoms with E-state index in [1.807, 2.05) is 6.92 Å². The minimum atomic E-state index is -4.12. The van der Waals surface area contributed by atoms with Gasteiger partial charge in [0.2, 0.25) is 0 Å². The molecule has 0 fully saturated rings. The molecule has 1 unspecified atom stereocenters. The van der Waals surface area contributed by atoms with Crippen LogP contribution in [0.1, 0.15) is 64.7 Å². The van der Waals surface area contributed by atoms with Gasteiger partial charge in [-0.15, -0.1) is 0 Å². The monoisotopic (exact) mass is 304 g/mol. The van der Waals surface area contributed by atoms with Crippen molar-refractivity contribution in [1.82, 2.24) is 0 Å². The van der Waals surface area contributed by atoms with Crippen LogP contribution in [-0.4, -0.2) is 29.9 Å². The van der Waals surface area contributed by atoms with Gasteiger partial charge in [0.05, 0.1) is 10.1 Å². The topological polar surface area (TPSA) is 77.4 Å². The van der Waals surface area contributed by atoms with Crippen LogP contribution in [0.15, 0.2) is 0 Å². The maximum Gasteiger partial charge on any atom is 1.00 e. The van der Waals surface area contributed by atoms with E-state index in [4.69, 9.17) is 5.11 Å². The van der Waals surface area contributed by atoms with Crippen molar-refractivity contribution in [2.24, 2.45) is 0 Å². The summed E-state index contributed by atoms with van der Waals surface area (Å²) in [4.78, 5) is 0. The Kier molecular flexibility index (Phi) is 16.3. The molecule has 0 aliphatic carbocycles. The Morgan fingerprint density at radius 2 is 1.50 bits per heavy atom. The van der Waals surface area contributed by atoms with Crippen LogP contribution < -0.4 is 51.4 Å². The smallest absolute Gasteiger partial charge is 0.748 e. The minimum Gasteiger partial charge on any atom is -0.748 e. The molecule has 4 nitrogen and oxygen atoms in total. The summed E-state index contributed by atoms with van der Waals surface area (Å²) in [5.41, 5.74) is 0. The molecule has 0 radical (unpaired) electrons. The van der Waals surface area contributed by atoms with Crippen molar-refractivity contribution in [1.29, 1.82) is 0 Å². The second-order valence-corrected chi connectivity index (χ2v) is 6.19. The van der Waals surface area contributed by atoms with E-state index < -0.39 is 15.4 Å². The normalized spacial score (nSPS) is 13.1. The number of aliphatic hydroxyl groups is 1. The van der Waals surface area contributed by atoms with Gasteiger partial charge < -0.3 is 9.66 Å². The van der Waals surface area contributed by atoms with Crippen molar-refractivity contribution < 1.29 is 69.5 Å². The van der Waals surface area contributed by atoms with E-state index in [0.717, 1.165) is 44.9 Å². The summed E-state index contributed by atoms with van der Waals surface area (Å²) in [5, 5.41) is 7.90. The molecular formula is C12H25KO4S. The van der Waals surface area contributed by atoms with Gasteiger partial charge in [0.1, 0.15) is 0 Å². The third-order valence-corrected chi connectivity index (χ3v) is 4.26. The maximum absolute atomic E-state index is 11.0. The van der Waals surface area contributed by atoms with Crippen molar-refractivity contribution >= 4 is 10.1 Å². The van der Waals surface area contributed by atoms with Crippen molar-refractivity contribution in [3.05, 3.63) is 0 Å². The molecule has 0 amide bonds. The van der Waals surface area contributed by atoms with Gasteiger partial charge in [-0.05, 0) is 19.3 Å². The average Bonchev–Trinajstić information content (AvgIpc) is 2.25. The minimum absolute atomic E-state index is 0. The predicted molar refractivity (Wildman–Crippen MR) is 67.8 cm³/mol. The van der Waals surface area contributed by atoms with Crippen LogP contribution >= 0.6 is 0 Å². The maximum atomic E-state index is 11.0. The second kappa shape index (κ2) is 13.5. The Labute approximate surface area is 154 Å². The summed E-state index contributed by atoms with van der Waals surface area (Å²) in [7, 11) is -4.12. The fraction of sp³-hybridized carbons (Fsp3) is 1.00. The molecule has 104 valence electrons. The van der Waals surface area contributed by atoms with Crippen LogP contribution in [0.2, 0.25) is 0 Å². The van der Waals surface area contributed by atoms with Gasteiger partial charge in [-0.1, -0.05) is 45.4 Å². The van der Waals surface area contributed by atoms with Crippen LogP contribution in [0.5, 0.6) is 0 Å². The summed E-state index contributed by atoms with van der Waals surface area (Å²) >= 11 is 0. The Morgan fingerprint density at radius 1 is 1.00 bits per heavy atom. The molecule has 18 heavy (non-hydrogen) atoms. The Morgan fingerprint density at radius 3 is 2.00 bits per heavy atom. The third kappa shape index (κ3) is 12.5. The number of hydrogen-bond acceptors (Lipinski definition) is 4. The molecule has 1 atom stereocenters. The number of unbranched alkanes of at least 4 members (excludes halogenated alkanes) is 5. The summed E-state index contributed by atoms with van der Waals surface area (Å²) in [5.74, 6) is 0. The van der Waals surface area contributed by atoms with Crippen LogP contribution in [0.3, 0.4) is 0 Å². The van der Waals surface area contributed by atoms with Crippen molar-refractivity contribution in [2.75, 3.05) is 6.61 Å². The molecule has 0 aromatic carbocycles. The first-order valence-corrected chi connectivity index (χ1v) is 8.05.